The van der Waals surface area contributed by atoms with Crippen molar-refractivity contribution >= 4 is 0 Å². The van der Waals surface area contributed by atoms with Crippen LogP contribution in [-0.2, 0) is 0 Å². The molecular weight excluding hydrogens is 198 g/mol. The Morgan fingerprint density at radius 2 is 2.12 bits per heavy atom. The molecule has 1 aromatic rings. The van der Waals surface area contributed by atoms with Gasteiger partial charge in [0.1, 0.15) is 5.75 Å². The smallest absolute Gasteiger partial charge is 0.123 e. The highest BCUT2D eigenvalue weighted by atomic mass is 16.5. The molecule has 1 unspecified atom stereocenters. The number of para-hydroxylation sites is 1. The summed E-state index contributed by atoms with van der Waals surface area (Å²) in [5.74, 6) is 6.94. The molecule has 0 spiro atoms. The fourth-order valence-corrected chi connectivity index (χ4v) is 1.75. The van der Waals surface area contributed by atoms with E-state index < -0.39 is 0 Å². The van der Waals surface area contributed by atoms with Gasteiger partial charge in [-0.2, -0.15) is 0 Å². The third kappa shape index (κ3) is 3.29. The van der Waals surface area contributed by atoms with E-state index in [4.69, 9.17) is 4.74 Å². The first-order chi connectivity index (χ1) is 7.83. The van der Waals surface area contributed by atoms with Crippen LogP contribution >= 0.6 is 0 Å². The van der Waals surface area contributed by atoms with E-state index in [0.717, 1.165) is 18.6 Å². The minimum atomic E-state index is 0.303. The lowest BCUT2D eigenvalue weighted by Crippen LogP contribution is -2.16. The normalized spacial score (nSPS) is 11.4. The van der Waals surface area contributed by atoms with Crippen LogP contribution in [0.4, 0.5) is 0 Å². The Hall–Kier alpha value is -1.46. The first kappa shape index (κ1) is 12.6. The quantitative estimate of drug-likeness (QED) is 0.766. The van der Waals surface area contributed by atoms with E-state index in [1.54, 1.807) is 7.11 Å². The topological polar surface area (TPSA) is 21.3 Å². The van der Waals surface area contributed by atoms with Crippen molar-refractivity contribution in [2.45, 2.75) is 25.8 Å². The van der Waals surface area contributed by atoms with Gasteiger partial charge in [-0.1, -0.05) is 18.2 Å². The molecule has 1 rings (SSSR count). The van der Waals surface area contributed by atoms with E-state index in [2.05, 4.69) is 23.2 Å². The molecule has 0 aromatic heterocycles. The highest BCUT2D eigenvalue weighted by Gasteiger charge is 2.12. The molecule has 1 aromatic carbocycles. The molecule has 2 nitrogen and oxygen atoms in total. The first-order valence-electron chi connectivity index (χ1n) is 5.53. The summed E-state index contributed by atoms with van der Waals surface area (Å²) in [6, 6.07) is 8.41. The van der Waals surface area contributed by atoms with E-state index in [1.807, 2.05) is 32.2 Å². The molecule has 0 amide bonds. The first-order valence-corrected chi connectivity index (χ1v) is 5.53. The maximum Gasteiger partial charge on any atom is 0.123 e. The molecule has 0 bridgehead atoms. The minimum Gasteiger partial charge on any atom is -0.496 e. The van der Waals surface area contributed by atoms with Crippen LogP contribution in [0.1, 0.15) is 31.4 Å². The van der Waals surface area contributed by atoms with Crippen molar-refractivity contribution in [2.75, 3.05) is 14.2 Å². The Morgan fingerprint density at radius 3 is 2.75 bits per heavy atom. The van der Waals surface area contributed by atoms with E-state index in [1.165, 1.54) is 5.56 Å². The van der Waals surface area contributed by atoms with Crippen LogP contribution in [0.5, 0.6) is 5.75 Å². The molecular formula is C14H19NO. The molecule has 16 heavy (non-hydrogen) atoms. The number of benzene rings is 1. The Kier molecular flexibility index (Phi) is 5.45. The third-order valence-electron chi connectivity index (χ3n) is 2.60. The third-order valence-corrected chi connectivity index (χ3v) is 2.60. The fraction of sp³-hybridized carbons (Fsp3) is 0.429. The summed E-state index contributed by atoms with van der Waals surface area (Å²) in [5.41, 5.74) is 1.20. The van der Waals surface area contributed by atoms with Crippen LogP contribution in [-0.4, -0.2) is 14.2 Å². The van der Waals surface area contributed by atoms with Crippen molar-refractivity contribution in [3.63, 3.8) is 0 Å². The highest BCUT2D eigenvalue weighted by molar-refractivity contribution is 5.35. The van der Waals surface area contributed by atoms with Crippen LogP contribution in [0.2, 0.25) is 0 Å². The summed E-state index contributed by atoms with van der Waals surface area (Å²) in [4.78, 5) is 0. The second-order valence-electron chi connectivity index (χ2n) is 3.55. The summed E-state index contributed by atoms with van der Waals surface area (Å²) >= 11 is 0. The molecule has 86 valence electrons. The summed E-state index contributed by atoms with van der Waals surface area (Å²) in [7, 11) is 3.67. The second kappa shape index (κ2) is 6.92. The molecule has 1 atom stereocenters. The molecule has 0 saturated heterocycles. The lowest BCUT2D eigenvalue weighted by atomic mass is 10.0. The monoisotopic (exact) mass is 217 g/mol. The van der Waals surface area contributed by atoms with Crippen LogP contribution in [0.25, 0.3) is 0 Å². The van der Waals surface area contributed by atoms with E-state index in [-0.39, 0.29) is 0 Å². The number of nitrogens with one attached hydrogen (secondary N) is 1. The van der Waals surface area contributed by atoms with Gasteiger partial charge in [-0.3, -0.25) is 0 Å². The van der Waals surface area contributed by atoms with Gasteiger partial charge in [0.2, 0.25) is 0 Å². The van der Waals surface area contributed by atoms with Gasteiger partial charge in [-0.05, 0) is 26.5 Å². The van der Waals surface area contributed by atoms with Gasteiger partial charge in [0.05, 0.1) is 7.11 Å². The zero-order chi connectivity index (χ0) is 11.8. The van der Waals surface area contributed by atoms with Crippen LogP contribution < -0.4 is 10.1 Å². The number of ether oxygens (including phenoxy) is 1. The maximum atomic E-state index is 5.36. The van der Waals surface area contributed by atoms with E-state index >= 15 is 0 Å². The largest absolute Gasteiger partial charge is 0.496 e. The van der Waals surface area contributed by atoms with Gasteiger partial charge in [-0.25, -0.2) is 0 Å². The Balaban J connectivity index is 2.79. The fourth-order valence-electron chi connectivity index (χ4n) is 1.75. The molecule has 1 N–H and O–H groups in total. The van der Waals surface area contributed by atoms with Crippen molar-refractivity contribution in [2.24, 2.45) is 0 Å². The van der Waals surface area contributed by atoms with Crippen LogP contribution in [0.15, 0.2) is 24.3 Å². The summed E-state index contributed by atoms with van der Waals surface area (Å²) in [5, 5.41) is 3.30. The van der Waals surface area contributed by atoms with Gasteiger partial charge in [0, 0.05) is 18.0 Å². The number of hydrogen-bond acceptors (Lipinski definition) is 2. The average Bonchev–Trinajstić information content (AvgIpc) is 2.35. The van der Waals surface area contributed by atoms with Crippen molar-refractivity contribution in [1.82, 2.24) is 5.32 Å². The van der Waals surface area contributed by atoms with Gasteiger partial charge in [-0.15, -0.1) is 11.8 Å². The maximum absolute atomic E-state index is 5.36. The Bertz CT molecular complexity index is 376. The van der Waals surface area contributed by atoms with Crippen molar-refractivity contribution in [3.8, 4) is 17.6 Å². The predicted molar refractivity (Wildman–Crippen MR) is 67.5 cm³/mol. The minimum absolute atomic E-state index is 0.303. The van der Waals surface area contributed by atoms with Crippen LogP contribution in [0.3, 0.4) is 0 Å². The van der Waals surface area contributed by atoms with Gasteiger partial charge < -0.3 is 10.1 Å². The van der Waals surface area contributed by atoms with Gasteiger partial charge in [0.15, 0.2) is 0 Å². The molecule has 0 aliphatic heterocycles. The molecule has 0 heterocycles. The summed E-state index contributed by atoms with van der Waals surface area (Å²) in [6.45, 7) is 1.87. The number of rotatable bonds is 5. The predicted octanol–water partition coefficient (Wildman–Crippen LogP) is 2.76. The van der Waals surface area contributed by atoms with E-state index in [0.29, 0.717) is 6.04 Å². The summed E-state index contributed by atoms with van der Waals surface area (Å²) < 4.78 is 5.36. The van der Waals surface area contributed by atoms with Crippen molar-refractivity contribution < 1.29 is 4.74 Å². The number of hydrogen-bond donors (Lipinski definition) is 1. The zero-order valence-corrected chi connectivity index (χ0v) is 10.2. The average molecular weight is 217 g/mol. The van der Waals surface area contributed by atoms with Gasteiger partial charge in [0.25, 0.3) is 0 Å². The Morgan fingerprint density at radius 1 is 1.38 bits per heavy atom. The lowest BCUT2D eigenvalue weighted by Gasteiger charge is -2.18. The summed E-state index contributed by atoms with van der Waals surface area (Å²) in [6.07, 6.45) is 1.90. The molecule has 0 radical (unpaired) electrons. The van der Waals surface area contributed by atoms with Gasteiger partial charge >= 0.3 is 0 Å². The molecule has 0 fully saturated rings. The van der Waals surface area contributed by atoms with Crippen LogP contribution in [0, 0.1) is 11.8 Å². The molecule has 0 saturated carbocycles. The molecule has 0 aliphatic carbocycles. The van der Waals surface area contributed by atoms with Crippen molar-refractivity contribution in [1.29, 1.82) is 0 Å². The van der Waals surface area contributed by atoms with E-state index in [9.17, 15) is 0 Å². The molecule has 0 aliphatic rings. The lowest BCUT2D eigenvalue weighted by molar-refractivity contribution is 0.399. The zero-order valence-electron chi connectivity index (χ0n) is 10.2. The SMILES string of the molecule is CC#CCCC(NC)c1ccccc1OC. The Labute approximate surface area is 98.0 Å². The second-order valence-corrected chi connectivity index (χ2v) is 3.55. The highest BCUT2D eigenvalue weighted by Crippen LogP contribution is 2.27. The molecule has 2 heteroatoms. The number of methoxy groups -OCH3 is 1. The standard InChI is InChI=1S/C14H19NO/c1-4-5-6-10-13(15-2)12-9-7-8-11-14(12)16-3/h7-9,11,13,15H,6,10H2,1-3H3. The van der Waals surface area contributed by atoms with Crippen molar-refractivity contribution in [3.05, 3.63) is 29.8 Å².